The summed E-state index contributed by atoms with van der Waals surface area (Å²) in [4.78, 5) is 11.1. The fourth-order valence-electron chi connectivity index (χ4n) is 0.927. The maximum Gasteiger partial charge on any atom is 0.344 e. The number of halogens is 2. The highest BCUT2D eigenvalue weighted by Gasteiger charge is 2.06. The molecule has 0 atom stereocenters. The first kappa shape index (κ1) is 13.0. The molecular formula is C10H10I2O3. The first-order valence-electron chi connectivity index (χ1n) is 4.37. The topological polar surface area (TPSA) is 35.5 Å². The Bertz CT molecular complexity index is 353. The Hall–Kier alpha value is -0.0500. The zero-order valence-electron chi connectivity index (χ0n) is 8.13. The third-order valence-electron chi connectivity index (χ3n) is 1.54. The Morgan fingerprint density at radius 3 is 2.80 bits per heavy atom. The monoisotopic (exact) mass is 432 g/mol. The Labute approximate surface area is 116 Å². The SMILES string of the molecule is CCOC(=O)COc1cc(I)ccc1I. The quantitative estimate of drug-likeness (QED) is 0.543. The van der Waals surface area contributed by atoms with Gasteiger partial charge in [0.15, 0.2) is 6.61 Å². The second-order valence-electron chi connectivity index (χ2n) is 2.67. The van der Waals surface area contributed by atoms with Crippen LogP contribution in [0.1, 0.15) is 6.92 Å². The Balaban J connectivity index is 2.57. The van der Waals surface area contributed by atoms with E-state index in [9.17, 15) is 4.79 Å². The number of esters is 1. The van der Waals surface area contributed by atoms with Gasteiger partial charge < -0.3 is 9.47 Å². The molecule has 0 aliphatic rings. The summed E-state index contributed by atoms with van der Waals surface area (Å²) in [5, 5.41) is 0. The lowest BCUT2D eigenvalue weighted by molar-refractivity contribution is -0.145. The molecule has 0 aliphatic carbocycles. The van der Waals surface area contributed by atoms with Gasteiger partial charge in [0.2, 0.25) is 0 Å². The van der Waals surface area contributed by atoms with Crippen molar-refractivity contribution < 1.29 is 14.3 Å². The van der Waals surface area contributed by atoms with Crippen LogP contribution in [0.15, 0.2) is 18.2 Å². The van der Waals surface area contributed by atoms with Crippen LogP contribution in [0.5, 0.6) is 5.75 Å². The van der Waals surface area contributed by atoms with Gasteiger partial charge in [-0.25, -0.2) is 4.79 Å². The second kappa shape index (κ2) is 6.51. The molecule has 0 aromatic heterocycles. The zero-order valence-corrected chi connectivity index (χ0v) is 12.4. The average molecular weight is 432 g/mol. The largest absolute Gasteiger partial charge is 0.481 e. The standard InChI is InChI=1S/C10H10I2O3/c1-2-14-10(13)6-15-9-5-7(11)3-4-8(9)12/h3-5H,2,6H2,1H3. The van der Waals surface area contributed by atoms with Crippen LogP contribution in [0.2, 0.25) is 0 Å². The maximum atomic E-state index is 11.1. The summed E-state index contributed by atoms with van der Waals surface area (Å²) in [5.41, 5.74) is 0. The molecule has 0 unspecified atom stereocenters. The van der Waals surface area contributed by atoms with E-state index in [0.717, 1.165) is 12.9 Å². The van der Waals surface area contributed by atoms with Crippen molar-refractivity contribution in [2.75, 3.05) is 13.2 Å². The molecule has 0 radical (unpaired) electrons. The summed E-state index contributed by atoms with van der Waals surface area (Å²) in [6, 6.07) is 5.82. The van der Waals surface area contributed by atoms with E-state index in [-0.39, 0.29) is 12.6 Å². The van der Waals surface area contributed by atoms with E-state index < -0.39 is 0 Å². The molecule has 15 heavy (non-hydrogen) atoms. The summed E-state index contributed by atoms with van der Waals surface area (Å²) in [5.74, 6) is 0.378. The summed E-state index contributed by atoms with van der Waals surface area (Å²) in [6.07, 6.45) is 0. The highest BCUT2D eigenvalue weighted by molar-refractivity contribution is 14.1. The molecule has 0 amide bonds. The molecule has 0 spiro atoms. The predicted octanol–water partition coefficient (Wildman–Crippen LogP) is 2.84. The Morgan fingerprint density at radius 1 is 1.40 bits per heavy atom. The lowest BCUT2D eigenvalue weighted by atomic mass is 10.3. The van der Waals surface area contributed by atoms with Gasteiger partial charge in [0.05, 0.1) is 10.2 Å². The van der Waals surface area contributed by atoms with Gasteiger partial charge in [-0.3, -0.25) is 0 Å². The molecule has 1 aromatic rings. The molecule has 0 aliphatic heterocycles. The number of carbonyl (C=O) groups is 1. The van der Waals surface area contributed by atoms with Gasteiger partial charge in [0.25, 0.3) is 0 Å². The van der Waals surface area contributed by atoms with Crippen LogP contribution >= 0.6 is 45.2 Å². The molecule has 0 fully saturated rings. The number of hydrogen-bond donors (Lipinski definition) is 0. The molecule has 0 heterocycles. The smallest absolute Gasteiger partial charge is 0.344 e. The molecule has 82 valence electrons. The van der Waals surface area contributed by atoms with E-state index >= 15 is 0 Å². The molecular weight excluding hydrogens is 422 g/mol. The van der Waals surface area contributed by atoms with Gasteiger partial charge in [-0.05, 0) is 70.3 Å². The molecule has 0 N–H and O–H groups in total. The van der Waals surface area contributed by atoms with Crippen molar-refractivity contribution >= 4 is 51.2 Å². The van der Waals surface area contributed by atoms with Crippen molar-refractivity contribution in [1.29, 1.82) is 0 Å². The molecule has 1 rings (SSSR count). The van der Waals surface area contributed by atoms with E-state index in [1.807, 2.05) is 18.2 Å². The van der Waals surface area contributed by atoms with Crippen LogP contribution in [0.25, 0.3) is 0 Å². The van der Waals surface area contributed by atoms with Crippen LogP contribution < -0.4 is 4.74 Å². The number of hydrogen-bond acceptors (Lipinski definition) is 3. The Morgan fingerprint density at radius 2 is 2.13 bits per heavy atom. The molecule has 3 nitrogen and oxygen atoms in total. The highest BCUT2D eigenvalue weighted by Crippen LogP contribution is 2.23. The first-order chi connectivity index (χ1) is 7.13. The fourth-order valence-corrected chi connectivity index (χ4v) is 1.88. The molecule has 1 aromatic carbocycles. The van der Waals surface area contributed by atoms with E-state index in [4.69, 9.17) is 9.47 Å². The molecule has 5 heteroatoms. The van der Waals surface area contributed by atoms with E-state index in [1.54, 1.807) is 6.92 Å². The van der Waals surface area contributed by atoms with Crippen molar-refractivity contribution in [3.05, 3.63) is 25.3 Å². The summed E-state index contributed by atoms with van der Waals surface area (Å²) in [6.45, 7) is 2.11. The van der Waals surface area contributed by atoms with Crippen molar-refractivity contribution in [3.63, 3.8) is 0 Å². The highest BCUT2D eigenvalue weighted by atomic mass is 127. The van der Waals surface area contributed by atoms with Crippen molar-refractivity contribution in [2.45, 2.75) is 6.92 Å². The first-order valence-corrected chi connectivity index (χ1v) is 6.52. The van der Waals surface area contributed by atoms with Gasteiger partial charge in [0, 0.05) is 3.57 Å². The molecule has 0 bridgehead atoms. The summed E-state index contributed by atoms with van der Waals surface area (Å²) >= 11 is 4.36. The van der Waals surface area contributed by atoms with Gasteiger partial charge in [0.1, 0.15) is 5.75 Å². The minimum atomic E-state index is -0.341. The van der Waals surface area contributed by atoms with Crippen molar-refractivity contribution in [1.82, 2.24) is 0 Å². The lowest BCUT2D eigenvalue weighted by Gasteiger charge is -2.07. The second-order valence-corrected chi connectivity index (χ2v) is 5.08. The lowest BCUT2D eigenvalue weighted by Crippen LogP contribution is -2.15. The van der Waals surface area contributed by atoms with Crippen LogP contribution in [0.4, 0.5) is 0 Å². The summed E-state index contributed by atoms with van der Waals surface area (Å²) < 4.78 is 12.2. The Kier molecular flexibility index (Phi) is 5.65. The fraction of sp³-hybridized carbons (Fsp3) is 0.300. The van der Waals surface area contributed by atoms with Crippen LogP contribution in [0.3, 0.4) is 0 Å². The van der Waals surface area contributed by atoms with Crippen molar-refractivity contribution in [2.24, 2.45) is 0 Å². The van der Waals surface area contributed by atoms with Crippen molar-refractivity contribution in [3.8, 4) is 5.75 Å². The number of ether oxygens (including phenoxy) is 2. The predicted molar refractivity (Wildman–Crippen MR) is 74.0 cm³/mol. The molecule has 0 saturated heterocycles. The van der Waals surface area contributed by atoms with Gasteiger partial charge in [-0.15, -0.1) is 0 Å². The average Bonchev–Trinajstić information content (AvgIpc) is 2.20. The van der Waals surface area contributed by atoms with Crippen LogP contribution in [-0.4, -0.2) is 19.2 Å². The minimum Gasteiger partial charge on any atom is -0.481 e. The normalized spacial score (nSPS) is 9.80. The van der Waals surface area contributed by atoms with E-state index in [2.05, 4.69) is 45.2 Å². The zero-order chi connectivity index (χ0) is 11.3. The third kappa shape index (κ3) is 4.54. The van der Waals surface area contributed by atoms with Gasteiger partial charge >= 0.3 is 5.97 Å². The third-order valence-corrected chi connectivity index (χ3v) is 3.11. The van der Waals surface area contributed by atoms with Crippen LogP contribution in [0, 0.1) is 7.14 Å². The van der Waals surface area contributed by atoms with Crippen LogP contribution in [-0.2, 0) is 9.53 Å². The minimum absolute atomic E-state index is 0.0378. The number of benzene rings is 1. The van der Waals surface area contributed by atoms with Gasteiger partial charge in [-0.1, -0.05) is 0 Å². The molecule has 0 saturated carbocycles. The number of carbonyl (C=O) groups excluding carboxylic acids is 1. The number of rotatable bonds is 4. The van der Waals surface area contributed by atoms with E-state index in [1.165, 1.54) is 0 Å². The maximum absolute atomic E-state index is 11.1. The van der Waals surface area contributed by atoms with E-state index in [0.29, 0.717) is 6.61 Å². The summed E-state index contributed by atoms with van der Waals surface area (Å²) in [7, 11) is 0. The van der Waals surface area contributed by atoms with Gasteiger partial charge in [-0.2, -0.15) is 0 Å².